The standard InChI is InChI=1S/C39H40ClN5O4S/c1-24-20-31(21-25(2)37(24)40)49-19-9-14-33-27(4)45(38-34(33)12-8-13-35(38)36-26(3)42-44(6)28(36)5)23-29-10-7-11-30(22-29)39(46)43-50(47,48)32-15-17-41-18-16-32/h7-8,10-13,15-18,20-22H,9,14,19,23H2,1-6H3,(H,43,46). The summed E-state index contributed by atoms with van der Waals surface area (Å²) in [4.78, 5) is 17.0. The van der Waals surface area contributed by atoms with Crippen LogP contribution in [0.1, 0.15) is 56.1 Å². The predicted octanol–water partition coefficient (Wildman–Crippen LogP) is 7.81. The number of amides is 1. The number of benzene rings is 3. The van der Waals surface area contributed by atoms with Gasteiger partial charge in [0.1, 0.15) is 5.75 Å². The van der Waals surface area contributed by atoms with Crippen LogP contribution in [-0.2, 0) is 30.0 Å². The van der Waals surface area contributed by atoms with E-state index in [1.54, 1.807) is 18.2 Å². The van der Waals surface area contributed by atoms with Gasteiger partial charge in [-0.05, 0) is 106 Å². The SMILES string of the molecule is Cc1cc(OCCCc2c(C)n(Cc3cccc(C(=O)NS(=O)(=O)c4ccncc4)c3)c3c(-c4c(C)nn(C)c4C)cccc23)cc(C)c1Cl. The molecule has 9 nitrogen and oxygen atoms in total. The van der Waals surface area contributed by atoms with Gasteiger partial charge in [0, 0.05) is 64.5 Å². The van der Waals surface area contributed by atoms with Gasteiger partial charge in [-0.1, -0.05) is 41.9 Å². The average Bonchev–Trinajstić information content (AvgIpc) is 3.51. The number of pyridine rings is 1. The molecule has 0 aliphatic carbocycles. The number of ether oxygens (including phenoxy) is 1. The molecule has 0 atom stereocenters. The van der Waals surface area contributed by atoms with Crippen molar-refractivity contribution in [2.45, 2.75) is 58.9 Å². The summed E-state index contributed by atoms with van der Waals surface area (Å²) >= 11 is 6.37. The third kappa shape index (κ3) is 6.90. The number of hydrogen-bond donors (Lipinski definition) is 1. The van der Waals surface area contributed by atoms with Gasteiger partial charge < -0.3 is 9.30 Å². The van der Waals surface area contributed by atoms with Gasteiger partial charge in [-0.15, -0.1) is 0 Å². The first kappa shape index (κ1) is 34.9. The molecule has 6 aromatic rings. The van der Waals surface area contributed by atoms with Crippen molar-refractivity contribution in [2.24, 2.45) is 7.05 Å². The minimum absolute atomic E-state index is 0.0312. The van der Waals surface area contributed by atoms with Crippen LogP contribution in [0.15, 0.2) is 84.0 Å². The van der Waals surface area contributed by atoms with E-state index in [9.17, 15) is 13.2 Å². The Morgan fingerprint density at radius 3 is 2.30 bits per heavy atom. The molecule has 0 aliphatic rings. The van der Waals surface area contributed by atoms with Gasteiger partial charge in [0.15, 0.2) is 0 Å². The molecule has 258 valence electrons. The van der Waals surface area contributed by atoms with Crippen molar-refractivity contribution in [3.05, 3.63) is 129 Å². The van der Waals surface area contributed by atoms with Crippen LogP contribution in [0.4, 0.5) is 0 Å². The van der Waals surface area contributed by atoms with Gasteiger partial charge in [-0.2, -0.15) is 5.10 Å². The van der Waals surface area contributed by atoms with E-state index in [0.29, 0.717) is 13.2 Å². The van der Waals surface area contributed by atoms with Crippen LogP contribution in [0, 0.1) is 34.6 Å². The molecule has 0 aliphatic heterocycles. The maximum Gasteiger partial charge on any atom is 0.265 e. The first-order valence-corrected chi connectivity index (χ1v) is 18.3. The van der Waals surface area contributed by atoms with E-state index in [-0.39, 0.29) is 10.5 Å². The third-order valence-corrected chi connectivity index (χ3v) is 11.2. The maximum absolute atomic E-state index is 13.2. The molecule has 11 heteroatoms. The Balaban J connectivity index is 1.34. The molecule has 0 bridgehead atoms. The molecular weight excluding hydrogens is 670 g/mol. The number of hydrogen-bond acceptors (Lipinski definition) is 6. The van der Waals surface area contributed by atoms with Crippen molar-refractivity contribution in [3.63, 3.8) is 0 Å². The number of nitrogens with one attached hydrogen (secondary N) is 1. The molecule has 0 saturated heterocycles. The second kappa shape index (κ2) is 14.1. The number of sulfonamides is 1. The summed E-state index contributed by atoms with van der Waals surface area (Å²) < 4.78 is 38.3. The van der Waals surface area contributed by atoms with Crippen LogP contribution in [0.2, 0.25) is 5.02 Å². The number of fused-ring (bicyclic) bond motifs is 1. The quantitative estimate of drug-likeness (QED) is 0.138. The fourth-order valence-corrected chi connectivity index (χ4v) is 7.73. The Bertz CT molecular complexity index is 2320. The molecule has 50 heavy (non-hydrogen) atoms. The van der Waals surface area contributed by atoms with E-state index in [1.807, 2.05) is 50.7 Å². The largest absolute Gasteiger partial charge is 0.494 e. The van der Waals surface area contributed by atoms with Crippen LogP contribution >= 0.6 is 11.6 Å². The number of aromatic nitrogens is 4. The topological polar surface area (TPSA) is 108 Å². The summed E-state index contributed by atoms with van der Waals surface area (Å²) in [7, 11) is -2.10. The number of nitrogens with zero attached hydrogens (tertiary/aromatic N) is 4. The minimum Gasteiger partial charge on any atom is -0.494 e. The molecular formula is C39H40ClN5O4S. The molecule has 0 spiro atoms. The van der Waals surface area contributed by atoms with Gasteiger partial charge in [-0.25, -0.2) is 13.1 Å². The molecule has 1 amide bonds. The predicted molar refractivity (Wildman–Crippen MR) is 198 cm³/mol. The van der Waals surface area contributed by atoms with Crippen LogP contribution in [-0.4, -0.2) is 40.3 Å². The molecule has 0 saturated carbocycles. The number of halogens is 1. The zero-order valence-electron chi connectivity index (χ0n) is 29.0. The highest BCUT2D eigenvalue weighted by Crippen LogP contribution is 2.38. The Hall–Kier alpha value is -4.93. The molecule has 0 fully saturated rings. The molecule has 0 radical (unpaired) electrons. The summed E-state index contributed by atoms with van der Waals surface area (Å²) in [6.45, 7) is 11.2. The lowest BCUT2D eigenvalue weighted by Crippen LogP contribution is -2.30. The summed E-state index contributed by atoms with van der Waals surface area (Å²) in [5.74, 6) is 0.109. The van der Waals surface area contributed by atoms with Crippen LogP contribution in [0.5, 0.6) is 5.75 Å². The fourth-order valence-electron chi connectivity index (χ4n) is 6.66. The average molecular weight is 710 g/mol. The molecule has 3 aromatic carbocycles. The zero-order chi connectivity index (χ0) is 35.7. The lowest BCUT2D eigenvalue weighted by molar-refractivity contribution is 0.0981. The van der Waals surface area contributed by atoms with Crippen LogP contribution in [0.3, 0.4) is 0 Å². The van der Waals surface area contributed by atoms with Crippen molar-refractivity contribution in [1.82, 2.24) is 24.1 Å². The first-order valence-electron chi connectivity index (χ1n) is 16.4. The molecule has 3 aromatic heterocycles. The second-order valence-electron chi connectivity index (χ2n) is 12.7. The molecule has 1 N–H and O–H groups in total. The van der Waals surface area contributed by atoms with E-state index in [0.717, 1.165) is 79.4 Å². The minimum atomic E-state index is -4.06. The van der Waals surface area contributed by atoms with E-state index in [1.165, 1.54) is 30.1 Å². The number of para-hydroxylation sites is 1. The second-order valence-corrected chi connectivity index (χ2v) is 14.7. The smallest absolute Gasteiger partial charge is 0.265 e. The van der Waals surface area contributed by atoms with Gasteiger partial charge in [0.2, 0.25) is 0 Å². The van der Waals surface area contributed by atoms with Crippen molar-refractivity contribution < 1.29 is 17.9 Å². The maximum atomic E-state index is 13.2. The molecule has 0 unspecified atom stereocenters. The van der Waals surface area contributed by atoms with Crippen molar-refractivity contribution in [1.29, 1.82) is 0 Å². The Labute approximate surface area is 297 Å². The highest BCUT2D eigenvalue weighted by Gasteiger charge is 2.23. The Kier molecular flexibility index (Phi) is 9.87. The zero-order valence-corrected chi connectivity index (χ0v) is 30.6. The van der Waals surface area contributed by atoms with Gasteiger partial charge >= 0.3 is 0 Å². The van der Waals surface area contributed by atoms with Crippen LogP contribution in [0.25, 0.3) is 22.0 Å². The monoisotopic (exact) mass is 709 g/mol. The number of rotatable bonds is 11. The summed E-state index contributed by atoms with van der Waals surface area (Å²) in [5.41, 5.74) is 10.7. The molecule has 6 rings (SSSR count). The first-order chi connectivity index (χ1) is 23.9. The van der Waals surface area contributed by atoms with Crippen molar-refractivity contribution in [3.8, 4) is 16.9 Å². The Morgan fingerprint density at radius 2 is 1.62 bits per heavy atom. The lowest BCUT2D eigenvalue weighted by Gasteiger charge is -2.14. The van der Waals surface area contributed by atoms with Gasteiger partial charge in [0.05, 0.1) is 22.7 Å². The van der Waals surface area contributed by atoms with Crippen molar-refractivity contribution >= 4 is 38.4 Å². The highest BCUT2D eigenvalue weighted by atomic mass is 35.5. The van der Waals surface area contributed by atoms with Gasteiger partial charge in [0.25, 0.3) is 15.9 Å². The van der Waals surface area contributed by atoms with Crippen molar-refractivity contribution in [2.75, 3.05) is 6.61 Å². The van der Waals surface area contributed by atoms with Crippen LogP contribution < -0.4 is 9.46 Å². The summed E-state index contributed by atoms with van der Waals surface area (Å²) in [6, 6.07) is 20.1. The van der Waals surface area contributed by atoms with E-state index in [2.05, 4.69) is 46.3 Å². The number of aryl methyl sites for hydroxylation is 5. The highest BCUT2D eigenvalue weighted by molar-refractivity contribution is 7.90. The lowest BCUT2D eigenvalue weighted by atomic mass is 9.98. The number of carbonyl (C=O) groups is 1. The number of carbonyl (C=O) groups excluding carboxylic acids is 1. The van der Waals surface area contributed by atoms with E-state index in [4.69, 9.17) is 21.4 Å². The molecule has 3 heterocycles. The summed E-state index contributed by atoms with van der Waals surface area (Å²) in [6.07, 6.45) is 4.34. The fraction of sp³-hybridized carbons (Fsp3) is 0.256. The van der Waals surface area contributed by atoms with E-state index >= 15 is 0 Å². The third-order valence-electron chi connectivity index (χ3n) is 9.22. The van der Waals surface area contributed by atoms with Gasteiger partial charge in [-0.3, -0.25) is 14.5 Å². The Morgan fingerprint density at radius 1 is 0.920 bits per heavy atom. The summed E-state index contributed by atoms with van der Waals surface area (Å²) in [5, 5.41) is 6.62. The van der Waals surface area contributed by atoms with E-state index < -0.39 is 15.9 Å². The normalized spacial score (nSPS) is 11.7.